The molecule has 0 bridgehead atoms. The van der Waals surface area contributed by atoms with Crippen LogP contribution < -0.4 is 12.9 Å². The van der Waals surface area contributed by atoms with Crippen LogP contribution in [0.25, 0.3) is 0 Å². The van der Waals surface area contributed by atoms with Gasteiger partial charge in [-0.15, -0.1) is 0 Å². The summed E-state index contributed by atoms with van der Waals surface area (Å²) in [5.74, 6) is 0.920. The zero-order valence-electron chi connectivity index (χ0n) is 12.7. The van der Waals surface area contributed by atoms with Crippen LogP contribution in [0.2, 0.25) is 0 Å². The summed E-state index contributed by atoms with van der Waals surface area (Å²) in [7, 11) is 2.15. The van der Waals surface area contributed by atoms with Crippen molar-refractivity contribution in [1.29, 1.82) is 0 Å². The maximum atomic E-state index is 5.44. The van der Waals surface area contributed by atoms with Gasteiger partial charge in [-0.1, -0.05) is 12.1 Å². The molecule has 0 radical (unpaired) electrons. The predicted molar refractivity (Wildman–Crippen MR) is 97.0 cm³/mol. The van der Waals surface area contributed by atoms with Crippen molar-refractivity contribution in [2.24, 2.45) is 0 Å². The average molecular weight is 394 g/mol. The number of fused-ring (bicyclic) bond motifs is 1. The fourth-order valence-corrected chi connectivity index (χ4v) is 3.45. The largest absolute Gasteiger partial charge is 0.427 e. The molecule has 0 aromatic heterocycles. The molecule has 0 spiro atoms. The molecule has 0 aliphatic carbocycles. The molecule has 0 unspecified atom stereocenters. The Kier molecular flexibility index (Phi) is 3.73. The quantitative estimate of drug-likeness (QED) is 0.670. The van der Waals surface area contributed by atoms with Gasteiger partial charge in [0.25, 0.3) is 0 Å². The van der Waals surface area contributed by atoms with Crippen LogP contribution in [-0.4, -0.2) is 13.2 Å². The number of anilines is 3. The second-order valence-corrected chi connectivity index (χ2v) is 6.02. The summed E-state index contributed by atoms with van der Waals surface area (Å²) in [4.78, 5) is 4.70. The molecule has 1 atom stereocenters. The van der Waals surface area contributed by atoms with E-state index in [1.807, 2.05) is 29.1 Å². The minimum atomic E-state index is 0.282. The Labute approximate surface area is 140 Å². The van der Waals surface area contributed by atoms with E-state index in [0.29, 0.717) is 0 Å². The van der Waals surface area contributed by atoms with Gasteiger partial charge in [0.15, 0.2) is 23.0 Å². The highest BCUT2D eigenvalue weighted by atomic mass is 127. The van der Waals surface area contributed by atoms with Crippen molar-refractivity contribution in [3.05, 3.63) is 47.5 Å². The van der Waals surface area contributed by atoms with E-state index in [-0.39, 0.29) is 6.17 Å². The smallest absolute Gasteiger partial charge is 0.192 e. The summed E-state index contributed by atoms with van der Waals surface area (Å²) in [6.07, 6.45) is 0.282. The highest BCUT2D eigenvalue weighted by molar-refractivity contribution is 14.1. The van der Waals surface area contributed by atoms with Gasteiger partial charge in [-0.3, -0.25) is 0 Å². The lowest BCUT2D eigenvalue weighted by atomic mass is 10.1. The molecular weight excluding hydrogens is 375 g/mol. The second kappa shape index (κ2) is 5.40. The lowest BCUT2D eigenvalue weighted by molar-refractivity contribution is 0.701. The highest BCUT2D eigenvalue weighted by Crippen LogP contribution is 2.45. The molecule has 3 rings (SSSR count). The topological polar surface area (TPSA) is 15.7 Å². The number of nitrogens with zero attached hydrogens (tertiary/aromatic N) is 2. The Morgan fingerprint density at radius 3 is 2.52 bits per heavy atom. The van der Waals surface area contributed by atoms with Crippen molar-refractivity contribution in [3.8, 4) is 5.75 Å². The average Bonchev–Trinajstić information content (AvgIpc) is 2.72. The fourth-order valence-electron chi connectivity index (χ4n) is 2.97. The molecule has 21 heavy (non-hydrogen) atoms. The van der Waals surface area contributed by atoms with E-state index in [2.05, 4.69) is 68.0 Å². The molecule has 2 aromatic carbocycles. The Bertz CT molecular complexity index is 686. The molecule has 1 aliphatic rings. The highest BCUT2D eigenvalue weighted by Gasteiger charge is 2.32. The van der Waals surface area contributed by atoms with Crippen LogP contribution in [0.5, 0.6) is 5.75 Å². The molecule has 0 saturated heterocycles. The molecular formula is C17H19IN2O. The van der Waals surface area contributed by atoms with E-state index in [1.54, 1.807) is 0 Å². The minimum absolute atomic E-state index is 0.282. The van der Waals surface area contributed by atoms with Crippen molar-refractivity contribution in [2.45, 2.75) is 26.9 Å². The van der Waals surface area contributed by atoms with E-state index in [1.165, 1.54) is 28.2 Å². The van der Waals surface area contributed by atoms with Crippen molar-refractivity contribution in [3.63, 3.8) is 0 Å². The summed E-state index contributed by atoms with van der Waals surface area (Å²) in [6, 6.07) is 12.8. The Balaban J connectivity index is 2.16. The summed E-state index contributed by atoms with van der Waals surface area (Å²) >= 11 is 1.94. The third-order valence-electron chi connectivity index (χ3n) is 4.30. The van der Waals surface area contributed by atoms with Gasteiger partial charge >= 0.3 is 0 Å². The first-order chi connectivity index (χ1) is 10.0. The van der Waals surface area contributed by atoms with Gasteiger partial charge in [0.2, 0.25) is 0 Å². The summed E-state index contributed by atoms with van der Waals surface area (Å²) < 4.78 is 5.44. The lowest BCUT2D eigenvalue weighted by Gasteiger charge is -2.29. The third-order valence-corrected chi connectivity index (χ3v) is 4.78. The Morgan fingerprint density at radius 1 is 1.05 bits per heavy atom. The summed E-state index contributed by atoms with van der Waals surface area (Å²) in [6.45, 7) is 6.48. The Hall–Kier alpha value is -1.43. The Morgan fingerprint density at radius 2 is 1.81 bits per heavy atom. The van der Waals surface area contributed by atoms with E-state index in [9.17, 15) is 0 Å². The van der Waals surface area contributed by atoms with Crippen LogP contribution in [0.4, 0.5) is 17.1 Å². The monoisotopic (exact) mass is 394 g/mol. The van der Waals surface area contributed by atoms with Gasteiger partial charge in [-0.25, -0.2) is 0 Å². The van der Waals surface area contributed by atoms with Gasteiger partial charge in [0.05, 0.1) is 11.4 Å². The predicted octanol–water partition coefficient (Wildman–Crippen LogP) is 4.97. The molecule has 0 fully saturated rings. The number of rotatable bonds is 2. The standard InChI is InChI=1S/C17H19IN2O/c1-11-8-9-15-16(10-11)19(4)13(3)20(15)14-6-5-7-17(21-18)12(14)2/h5-10,13H,1-4H3/t13-/m0/s1. The van der Waals surface area contributed by atoms with Gasteiger partial charge in [0, 0.05) is 18.3 Å². The van der Waals surface area contributed by atoms with E-state index in [0.717, 1.165) is 5.75 Å². The van der Waals surface area contributed by atoms with Gasteiger partial charge in [-0.2, -0.15) is 0 Å². The maximum absolute atomic E-state index is 5.44. The van der Waals surface area contributed by atoms with Crippen molar-refractivity contribution in [1.82, 2.24) is 0 Å². The third kappa shape index (κ3) is 2.25. The molecule has 110 valence electrons. The zero-order valence-corrected chi connectivity index (χ0v) is 14.9. The first-order valence-corrected chi connectivity index (χ1v) is 7.93. The molecule has 1 heterocycles. The maximum Gasteiger partial charge on any atom is 0.192 e. The van der Waals surface area contributed by atoms with Crippen LogP contribution in [-0.2, 0) is 0 Å². The number of aryl methyl sites for hydroxylation is 1. The van der Waals surface area contributed by atoms with Crippen LogP contribution >= 0.6 is 23.0 Å². The molecule has 3 nitrogen and oxygen atoms in total. The number of hydrogen-bond acceptors (Lipinski definition) is 3. The summed E-state index contributed by atoms with van der Waals surface area (Å²) in [5.41, 5.74) is 6.19. The van der Waals surface area contributed by atoms with E-state index < -0.39 is 0 Å². The van der Waals surface area contributed by atoms with Gasteiger partial charge < -0.3 is 12.9 Å². The first kappa shape index (κ1) is 14.5. The van der Waals surface area contributed by atoms with E-state index >= 15 is 0 Å². The van der Waals surface area contributed by atoms with Crippen molar-refractivity contribution in [2.75, 3.05) is 16.8 Å². The zero-order chi connectivity index (χ0) is 15.1. The molecule has 1 aliphatic heterocycles. The first-order valence-electron chi connectivity index (χ1n) is 7.05. The van der Waals surface area contributed by atoms with Gasteiger partial charge in [0.1, 0.15) is 11.9 Å². The minimum Gasteiger partial charge on any atom is -0.427 e. The fraction of sp³-hybridized carbons (Fsp3) is 0.294. The SMILES string of the molecule is Cc1ccc2c(c1)N(C)[C@H](C)N2c1cccc(OI)c1C. The molecule has 2 aromatic rings. The lowest BCUT2D eigenvalue weighted by Crippen LogP contribution is -2.35. The molecule has 0 N–H and O–H groups in total. The molecule has 4 heteroatoms. The van der Waals surface area contributed by atoms with Crippen LogP contribution in [0.15, 0.2) is 36.4 Å². The van der Waals surface area contributed by atoms with Crippen molar-refractivity contribution >= 4 is 40.1 Å². The molecule has 0 amide bonds. The second-order valence-electron chi connectivity index (χ2n) is 5.58. The van der Waals surface area contributed by atoms with Crippen molar-refractivity contribution < 1.29 is 3.07 Å². The van der Waals surface area contributed by atoms with Crippen LogP contribution in [0.3, 0.4) is 0 Å². The normalized spacial score (nSPS) is 17.1. The molecule has 0 saturated carbocycles. The van der Waals surface area contributed by atoms with E-state index in [4.69, 9.17) is 3.07 Å². The number of halogens is 1. The number of benzene rings is 2. The summed E-state index contributed by atoms with van der Waals surface area (Å²) in [5, 5.41) is 0. The van der Waals surface area contributed by atoms with Crippen LogP contribution in [0.1, 0.15) is 18.1 Å². The number of hydrogen-bond donors (Lipinski definition) is 0. The van der Waals surface area contributed by atoms with Crippen LogP contribution in [0, 0.1) is 13.8 Å². The van der Waals surface area contributed by atoms with Gasteiger partial charge in [-0.05, 0) is 50.6 Å².